The van der Waals surface area contributed by atoms with E-state index >= 15 is 0 Å². The second-order valence-corrected chi connectivity index (χ2v) is 12.7. The lowest BCUT2D eigenvalue weighted by atomic mass is 9.52. The Morgan fingerprint density at radius 3 is 2.55 bits per heavy atom. The molecule has 0 radical (unpaired) electrons. The number of hydrogen-bond acceptors (Lipinski definition) is 6. The predicted molar refractivity (Wildman–Crippen MR) is 170 cm³/mol. The van der Waals surface area contributed by atoms with Crippen molar-refractivity contribution >= 4 is 11.9 Å². The number of phenolic OH excluding ortho intramolecular Hbond substituents is 3. The maximum Gasteiger partial charge on any atom is 0.160 e. The highest BCUT2D eigenvalue weighted by Gasteiger charge is 2.51. The SMILES string of the molecule is COc1cc([C@@H]2CC(=O)C[C@H](O)[C@H]([C@@]34CCCC[C@@H]3C=Cc3cc(O)c(O)cc34)CC#C[C@@H]2Cc2ccccc2)ccc1O. The number of benzene rings is 3. The summed E-state index contributed by atoms with van der Waals surface area (Å²) in [5.41, 5.74) is 3.23. The summed E-state index contributed by atoms with van der Waals surface area (Å²) in [4.78, 5) is 13.9. The van der Waals surface area contributed by atoms with Crippen LogP contribution in [0.2, 0.25) is 0 Å². The lowest BCUT2D eigenvalue weighted by Gasteiger charge is -2.52. The van der Waals surface area contributed by atoms with Crippen molar-refractivity contribution in [2.24, 2.45) is 17.8 Å². The summed E-state index contributed by atoms with van der Waals surface area (Å²) in [6.45, 7) is 0. The van der Waals surface area contributed by atoms with Crippen LogP contribution in [0, 0.1) is 29.6 Å². The van der Waals surface area contributed by atoms with Gasteiger partial charge in [0.05, 0.1) is 13.2 Å². The van der Waals surface area contributed by atoms with Crippen molar-refractivity contribution in [3.05, 3.63) is 89.0 Å². The Morgan fingerprint density at radius 1 is 0.955 bits per heavy atom. The molecule has 0 spiro atoms. The van der Waals surface area contributed by atoms with E-state index < -0.39 is 11.5 Å². The first-order valence-corrected chi connectivity index (χ1v) is 15.6. The molecular formula is C38H40O6. The van der Waals surface area contributed by atoms with E-state index in [1.807, 2.05) is 30.3 Å². The molecule has 6 nitrogen and oxygen atoms in total. The van der Waals surface area contributed by atoms with Crippen LogP contribution in [0.3, 0.4) is 0 Å². The molecule has 1 fully saturated rings. The normalized spacial score (nSPS) is 28.2. The lowest BCUT2D eigenvalue weighted by molar-refractivity contribution is -0.123. The van der Waals surface area contributed by atoms with Crippen LogP contribution >= 0.6 is 0 Å². The molecule has 0 bridgehead atoms. The Bertz CT molecular complexity index is 1620. The average molecular weight is 593 g/mol. The van der Waals surface area contributed by atoms with Gasteiger partial charge < -0.3 is 25.2 Å². The molecule has 4 N–H and O–H groups in total. The molecule has 6 atom stereocenters. The average Bonchev–Trinajstić information content (AvgIpc) is 3.02. The van der Waals surface area contributed by atoms with Gasteiger partial charge in [-0.1, -0.05) is 67.3 Å². The third kappa shape index (κ3) is 5.57. The van der Waals surface area contributed by atoms with E-state index in [-0.39, 0.29) is 59.5 Å². The number of methoxy groups -OCH3 is 1. The summed E-state index contributed by atoms with van der Waals surface area (Å²) in [5.74, 6) is 6.42. The van der Waals surface area contributed by atoms with Crippen molar-refractivity contribution in [3.63, 3.8) is 0 Å². The molecule has 3 aromatic rings. The molecule has 228 valence electrons. The first-order chi connectivity index (χ1) is 21.3. The molecule has 0 saturated heterocycles. The van der Waals surface area contributed by atoms with Gasteiger partial charge in [0, 0.05) is 42.4 Å². The maximum atomic E-state index is 13.9. The van der Waals surface area contributed by atoms with Crippen molar-refractivity contribution in [2.75, 3.05) is 7.11 Å². The van der Waals surface area contributed by atoms with Gasteiger partial charge in [-0.15, -0.1) is 5.92 Å². The molecule has 3 aromatic carbocycles. The Hall–Kier alpha value is -4.21. The molecule has 0 heterocycles. The summed E-state index contributed by atoms with van der Waals surface area (Å²) in [6.07, 6.45) is 8.32. The number of aliphatic hydroxyl groups is 1. The highest BCUT2D eigenvalue weighted by molar-refractivity contribution is 5.80. The first kappa shape index (κ1) is 29.8. The number of ether oxygens (including phenoxy) is 1. The van der Waals surface area contributed by atoms with Crippen molar-refractivity contribution in [2.45, 2.75) is 68.8 Å². The quantitative estimate of drug-likeness (QED) is 0.195. The third-order valence-corrected chi connectivity index (χ3v) is 10.2. The van der Waals surface area contributed by atoms with Crippen molar-refractivity contribution in [3.8, 4) is 34.8 Å². The van der Waals surface area contributed by atoms with Gasteiger partial charge in [0.2, 0.25) is 0 Å². The maximum absolute atomic E-state index is 13.9. The smallest absolute Gasteiger partial charge is 0.160 e. The van der Waals surface area contributed by atoms with Crippen LogP contribution in [0.25, 0.3) is 6.08 Å². The molecule has 0 aliphatic heterocycles. The molecule has 3 aliphatic rings. The largest absolute Gasteiger partial charge is 0.504 e. The Morgan fingerprint density at radius 2 is 1.75 bits per heavy atom. The van der Waals surface area contributed by atoms with Crippen LogP contribution in [-0.2, 0) is 16.6 Å². The van der Waals surface area contributed by atoms with E-state index in [2.05, 4.69) is 30.0 Å². The van der Waals surface area contributed by atoms with Crippen LogP contribution in [0.1, 0.15) is 73.1 Å². The van der Waals surface area contributed by atoms with Gasteiger partial charge in [-0.05, 0) is 71.7 Å². The molecule has 3 aliphatic carbocycles. The third-order valence-electron chi connectivity index (χ3n) is 10.2. The highest BCUT2D eigenvalue weighted by Crippen LogP contribution is 2.56. The van der Waals surface area contributed by atoms with E-state index in [0.29, 0.717) is 18.6 Å². The number of phenols is 3. The summed E-state index contributed by atoms with van der Waals surface area (Å²) < 4.78 is 5.40. The Balaban J connectivity index is 1.45. The molecule has 6 rings (SSSR count). The minimum absolute atomic E-state index is 0.00764. The zero-order valence-electron chi connectivity index (χ0n) is 25.1. The topological polar surface area (TPSA) is 107 Å². The monoisotopic (exact) mass is 592 g/mol. The van der Waals surface area contributed by atoms with Gasteiger partial charge in [0.15, 0.2) is 23.0 Å². The zero-order valence-corrected chi connectivity index (χ0v) is 25.1. The van der Waals surface area contributed by atoms with Gasteiger partial charge in [0.1, 0.15) is 5.78 Å². The van der Waals surface area contributed by atoms with Crippen LogP contribution < -0.4 is 4.74 Å². The number of aliphatic hydroxyl groups excluding tert-OH is 1. The second kappa shape index (κ2) is 12.4. The number of hydrogen-bond donors (Lipinski definition) is 4. The fraction of sp³-hybridized carbons (Fsp3) is 0.395. The number of fused-ring (bicyclic) bond motifs is 3. The van der Waals surface area contributed by atoms with Crippen LogP contribution in [-0.4, -0.2) is 39.4 Å². The number of carbonyl (C=O) groups excluding carboxylic acids is 1. The molecule has 0 amide bonds. The first-order valence-electron chi connectivity index (χ1n) is 15.6. The summed E-state index contributed by atoms with van der Waals surface area (Å²) >= 11 is 0. The summed E-state index contributed by atoms with van der Waals surface area (Å²) in [7, 11) is 1.51. The van der Waals surface area contributed by atoms with Crippen LogP contribution in [0.5, 0.6) is 23.0 Å². The van der Waals surface area contributed by atoms with Crippen molar-refractivity contribution in [1.29, 1.82) is 0 Å². The van der Waals surface area contributed by atoms with Gasteiger partial charge in [-0.25, -0.2) is 0 Å². The van der Waals surface area contributed by atoms with E-state index in [9.17, 15) is 25.2 Å². The van der Waals surface area contributed by atoms with Gasteiger partial charge in [-0.3, -0.25) is 4.79 Å². The van der Waals surface area contributed by atoms with Crippen molar-refractivity contribution < 1.29 is 30.0 Å². The number of ketones is 1. The molecule has 44 heavy (non-hydrogen) atoms. The van der Waals surface area contributed by atoms with E-state index in [1.165, 1.54) is 7.11 Å². The Labute approximate surface area is 259 Å². The van der Waals surface area contributed by atoms with E-state index in [4.69, 9.17) is 4.74 Å². The number of allylic oxidation sites excluding steroid dienone is 1. The minimum Gasteiger partial charge on any atom is -0.504 e. The standard InChI is InChI=1S/C38H40O6/c1-44-37-20-26(14-16-33(37)40)30-21-29(39)22-34(41)31(12-7-10-25(30)18-24-8-3-2-4-9-24)38-17-6-5-11-28(38)15-13-27-19-35(42)36(43)23-32(27)38/h2-4,8-9,13-16,19-20,23,25,28,30-31,34,40-43H,5-6,11-12,17-18,21-22H2,1H3/t25-,28-,30-,31-,34+,38-/m1/s1. The molecule has 0 unspecified atom stereocenters. The lowest BCUT2D eigenvalue weighted by Crippen LogP contribution is -2.50. The minimum atomic E-state index is -0.923. The van der Waals surface area contributed by atoms with E-state index in [0.717, 1.165) is 47.9 Å². The number of Topliss-reactive ketones (excluding diaryl/α,β-unsaturated/α-hetero) is 1. The molecule has 0 aromatic heterocycles. The summed E-state index contributed by atoms with van der Waals surface area (Å²) in [6, 6.07) is 18.6. The predicted octanol–water partition coefficient (Wildman–Crippen LogP) is 6.64. The summed E-state index contributed by atoms with van der Waals surface area (Å²) in [5, 5.41) is 43.1. The van der Waals surface area contributed by atoms with Gasteiger partial charge in [0.25, 0.3) is 0 Å². The fourth-order valence-corrected chi connectivity index (χ4v) is 8.09. The second-order valence-electron chi connectivity index (χ2n) is 12.7. The molecule has 6 heteroatoms. The highest BCUT2D eigenvalue weighted by atomic mass is 16.5. The van der Waals surface area contributed by atoms with E-state index in [1.54, 1.807) is 24.3 Å². The van der Waals surface area contributed by atoms with Crippen LogP contribution in [0.15, 0.2) is 66.7 Å². The Kier molecular flexibility index (Phi) is 8.42. The van der Waals surface area contributed by atoms with Gasteiger partial charge in [-0.2, -0.15) is 0 Å². The molecular weight excluding hydrogens is 552 g/mol. The van der Waals surface area contributed by atoms with Gasteiger partial charge >= 0.3 is 0 Å². The number of carbonyl (C=O) groups is 1. The number of rotatable bonds is 5. The molecule has 1 saturated carbocycles. The van der Waals surface area contributed by atoms with Crippen LogP contribution in [0.4, 0.5) is 0 Å². The number of aromatic hydroxyl groups is 3. The fourth-order valence-electron chi connectivity index (χ4n) is 8.09. The van der Waals surface area contributed by atoms with Crippen molar-refractivity contribution in [1.82, 2.24) is 0 Å². The zero-order chi connectivity index (χ0) is 30.8.